The minimum Gasteiger partial charge on any atom is -0.496 e. The number of esters is 1. The van der Waals surface area contributed by atoms with Gasteiger partial charge in [0.1, 0.15) is 11.6 Å². The van der Waals surface area contributed by atoms with Crippen molar-refractivity contribution >= 4 is 27.7 Å². The monoisotopic (exact) mass is 405 g/mol. The lowest BCUT2D eigenvalue weighted by Gasteiger charge is -2.26. The number of sulfonamides is 1. The molecule has 0 fully saturated rings. The van der Waals surface area contributed by atoms with Crippen molar-refractivity contribution in [1.29, 1.82) is 0 Å². The summed E-state index contributed by atoms with van der Waals surface area (Å²) in [5, 5.41) is 2.66. The van der Waals surface area contributed by atoms with Gasteiger partial charge >= 0.3 is 5.97 Å². The Labute approximate surface area is 162 Å². The van der Waals surface area contributed by atoms with Gasteiger partial charge in [-0.3, -0.25) is 4.79 Å². The number of hydrogen-bond donors (Lipinski definition) is 1. The SMILES string of the molecule is COc1ccccc1CNC(=O)COC(=O)C1=CN2CCS(=O)(=O)N=C2C=C1. The van der Waals surface area contributed by atoms with Gasteiger partial charge in [-0.2, -0.15) is 0 Å². The van der Waals surface area contributed by atoms with Crippen LogP contribution >= 0.6 is 0 Å². The van der Waals surface area contributed by atoms with Gasteiger partial charge in [0.15, 0.2) is 6.61 Å². The van der Waals surface area contributed by atoms with Crippen LogP contribution in [0.3, 0.4) is 0 Å². The highest BCUT2D eigenvalue weighted by molar-refractivity contribution is 7.90. The summed E-state index contributed by atoms with van der Waals surface area (Å²) in [5.74, 6) is -0.369. The van der Waals surface area contributed by atoms with E-state index in [2.05, 4.69) is 9.71 Å². The van der Waals surface area contributed by atoms with Crippen molar-refractivity contribution in [2.24, 2.45) is 4.40 Å². The summed E-state index contributed by atoms with van der Waals surface area (Å²) in [5.41, 5.74) is 1.00. The number of hydrogen-bond acceptors (Lipinski definition) is 7. The summed E-state index contributed by atoms with van der Waals surface area (Å²) in [6.07, 6.45) is 4.29. The molecule has 1 amide bonds. The fourth-order valence-corrected chi connectivity index (χ4v) is 3.60. The third-order valence-electron chi connectivity index (χ3n) is 4.06. The first-order valence-corrected chi connectivity index (χ1v) is 10.0. The van der Waals surface area contributed by atoms with E-state index in [0.717, 1.165) is 5.56 Å². The predicted molar refractivity (Wildman–Crippen MR) is 101 cm³/mol. The van der Waals surface area contributed by atoms with Crippen LogP contribution in [0, 0.1) is 0 Å². The van der Waals surface area contributed by atoms with Crippen molar-refractivity contribution < 1.29 is 27.5 Å². The molecule has 0 bridgehead atoms. The lowest BCUT2D eigenvalue weighted by Crippen LogP contribution is -2.37. The number of para-hydroxylation sites is 1. The van der Waals surface area contributed by atoms with Crippen LogP contribution in [0.25, 0.3) is 0 Å². The highest BCUT2D eigenvalue weighted by Gasteiger charge is 2.25. The number of methoxy groups -OCH3 is 1. The number of nitrogens with one attached hydrogen (secondary N) is 1. The molecule has 2 aliphatic rings. The second-order valence-corrected chi connectivity index (χ2v) is 7.77. The fraction of sp³-hybridized carbons (Fsp3) is 0.278. The normalized spacial score (nSPS) is 17.1. The van der Waals surface area contributed by atoms with Gasteiger partial charge in [0, 0.05) is 24.9 Å². The molecular weight excluding hydrogens is 386 g/mol. The Morgan fingerprint density at radius 3 is 2.82 bits per heavy atom. The number of ether oxygens (including phenoxy) is 2. The molecule has 10 heteroatoms. The molecule has 2 heterocycles. The summed E-state index contributed by atoms with van der Waals surface area (Å²) in [7, 11) is -1.92. The zero-order valence-corrected chi connectivity index (χ0v) is 15.9. The zero-order valence-electron chi connectivity index (χ0n) is 15.1. The average Bonchev–Trinajstić information content (AvgIpc) is 2.69. The van der Waals surface area contributed by atoms with E-state index in [1.54, 1.807) is 18.1 Å². The van der Waals surface area contributed by atoms with E-state index < -0.39 is 28.5 Å². The second-order valence-electron chi connectivity index (χ2n) is 6.01. The molecule has 0 aliphatic carbocycles. The van der Waals surface area contributed by atoms with Crippen LogP contribution < -0.4 is 10.1 Å². The quantitative estimate of drug-likeness (QED) is 0.679. The Morgan fingerprint density at radius 1 is 1.25 bits per heavy atom. The van der Waals surface area contributed by atoms with Gasteiger partial charge in [-0.25, -0.2) is 13.2 Å². The summed E-state index contributed by atoms with van der Waals surface area (Å²) in [6, 6.07) is 7.26. The van der Waals surface area contributed by atoms with Gasteiger partial charge in [0.25, 0.3) is 15.9 Å². The van der Waals surface area contributed by atoms with E-state index in [0.29, 0.717) is 5.75 Å². The van der Waals surface area contributed by atoms with Crippen LogP contribution in [0.5, 0.6) is 5.75 Å². The van der Waals surface area contributed by atoms with Crippen molar-refractivity contribution in [2.75, 3.05) is 26.0 Å². The van der Waals surface area contributed by atoms with Crippen LogP contribution in [0.2, 0.25) is 0 Å². The molecule has 1 aromatic carbocycles. The Bertz CT molecular complexity index is 981. The molecule has 0 saturated heterocycles. The number of benzene rings is 1. The highest BCUT2D eigenvalue weighted by Crippen LogP contribution is 2.17. The number of amides is 1. The van der Waals surface area contributed by atoms with E-state index in [-0.39, 0.29) is 30.3 Å². The smallest absolute Gasteiger partial charge is 0.340 e. The minimum atomic E-state index is -3.46. The standard InChI is InChI=1S/C18H19N3O6S/c1-26-15-5-3-2-4-13(15)10-19-17(22)12-27-18(23)14-6-7-16-20-28(24,25)9-8-21(16)11-14/h2-7,11H,8-10,12H2,1H3,(H,19,22). The molecule has 0 unspecified atom stereocenters. The molecule has 0 aromatic heterocycles. The summed E-state index contributed by atoms with van der Waals surface area (Å²) in [4.78, 5) is 25.6. The van der Waals surface area contributed by atoms with Crippen molar-refractivity contribution in [1.82, 2.24) is 10.2 Å². The van der Waals surface area contributed by atoms with Gasteiger partial charge in [0.05, 0.1) is 18.4 Å². The van der Waals surface area contributed by atoms with E-state index in [9.17, 15) is 18.0 Å². The van der Waals surface area contributed by atoms with Crippen LogP contribution in [-0.2, 0) is 30.9 Å². The maximum absolute atomic E-state index is 12.2. The molecule has 28 heavy (non-hydrogen) atoms. The lowest BCUT2D eigenvalue weighted by molar-refractivity contribution is -0.144. The Balaban J connectivity index is 1.51. The maximum Gasteiger partial charge on any atom is 0.340 e. The van der Waals surface area contributed by atoms with E-state index in [1.165, 1.54) is 18.4 Å². The van der Waals surface area contributed by atoms with Crippen molar-refractivity contribution in [3.63, 3.8) is 0 Å². The first kappa shape index (κ1) is 19.6. The van der Waals surface area contributed by atoms with Gasteiger partial charge in [0.2, 0.25) is 0 Å². The number of nitrogens with zero attached hydrogens (tertiary/aromatic N) is 2. The molecule has 0 spiro atoms. The van der Waals surface area contributed by atoms with Gasteiger partial charge in [-0.1, -0.05) is 18.2 Å². The van der Waals surface area contributed by atoms with Crippen molar-refractivity contribution in [2.45, 2.75) is 6.54 Å². The van der Waals surface area contributed by atoms with E-state index in [1.807, 2.05) is 18.2 Å². The molecule has 9 nitrogen and oxygen atoms in total. The number of amidine groups is 1. The molecular formula is C18H19N3O6S. The lowest BCUT2D eigenvalue weighted by atomic mass is 10.2. The third kappa shape index (κ3) is 4.77. The first-order valence-electron chi connectivity index (χ1n) is 8.43. The second kappa shape index (κ2) is 8.26. The van der Waals surface area contributed by atoms with Crippen LogP contribution in [-0.4, -0.2) is 57.0 Å². The van der Waals surface area contributed by atoms with Crippen LogP contribution in [0.4, 0.5) is 0 Å². The molecule has 148 valence electrons. The van der Waals surface area contributed by atoms with Gasteiger partial charge < -0.3 is 19.7 Å². The van der Waals surface area contributed by atoms with Gasteiger partial charge in [-0.05, 0) is 18.2 Å². The molecule has 0 atom stereocenters. The van der Waals surface area contributed by atoms with Gasteiger partial charge in [-0.15, -0.1) is 4.40 Å². The number of fused-ring (bicyclic) bond motifs is 1. The Kier molecular flexibility index (Phi) is 5.78. The summed E-state index contributed by atoms with van der Waals surface area (Å²) < 4.78 is 36.8. The molecule has 1 aromatic rings. The molecule has 1 N–H and O–H groups in total. The average molecular weight is 405 g/mol. The minimum absolute atomic E-state index is 0.130. The first-order chi connectivity index (χ1) is 13.4. The zero-order chi connectivity index (χ0) is 20.1. The number of carbonyl (C=O) groups excluding carboxylic acids is 2. The molecule has 0 saturated carbocycles. The largest absolute Gasteiger partial charge is 0.496 e. The number of carbonyl (C=O) groups is 2. The molecule has 3 rings (SSSR count). The topological polar surface area (TPSA) is 114 Å². The predicted octanol–water partition coefficient (Wildman–Crippen LogP) is 0.352. The van der Waals surface area contributed by atoms with E-state index >= 15 is 0 Å². The Morgan fingerprint density at radius 2 is 2.04 bits per heavy atom. The van der Waals surface area contributed by atoms with E-state index in [4.69, 9.17) is 9.47 Å². The highest BCUT2D eigenvalue weighted by atomic mass is 32.2. The van der Waals surface area contributed by atoms with Crippen molar-refractivity contribution in [3.8, 4) is 5.75 Å². The molecule has 2 aliphatic heterocycles. The summed E-state index contributed by atoms with van der Waals surface area (Å²) in [6.45, 7) is 0.00123. The third-order valence-corrected chi connectivity index (χ3v) is 5.23. The summed E-state index contributed by atoms with van der Waals surface area (Å²) >= 11 is 0. The molecule has 0 radical (unpaired) electrons. The number of rotatable bonds is 6. The van der Waals surface area contributed by atoms with Crippen LogP contribution in [0.1, 0.15) is 5.56 Å². The maximum atomic E-state index is 12.2. The Hall–Kier alpha value is -3.14. The fourth-order valence-electron chi connectivity index (χ4n) is 2.63. The van der Waals surface area contributed by atoms with Crippen LogP contribution in [0.15, 0.2) is 52.6 Å². The van der Waals surface area contributed by atoms with Crippen molar-refractivity contribution in [3.05, 3.63) is 53.8 Å².